The number of piperidine rings is 1. The van der Waals surface area contributed by atoms with Crippen LogP contribution in [-0.4, -0.2) is 51.8 Å². The van der Waals surface area contributed by atoms with Crippen molar-refractivity contribution in [3.8, 4) is 0 Å². The third-order valence-electron chi connectivity index (χ3n) is 4.70. The lowest BCUT2D eigenvalue weighted by Crippen LogP contribution is -2.46. The van der Waals surface area contributed by atoms with Crippen molar-refractivity contribution in [2.24, 2.45) is 7.05 Å². The third-order valence-corrected chi connectivity index (χ3v) is 5.32. The van der Waals surface area contributed by atoms with Crippen molar-refractivity contribution in [3.05, 3.63) is 40.3 Å². The first-order chi connectivity index (χ1) is 11.5. The maximum absolute atomic E-state index is 12.6. The second-order valence-corrected chi connectivity index (χ2v) is 7.09. The molecule has 0 bridgehead atoms. The maximum atomic E-state index is 12.6. The van der Waals surface area contributed by atoms with Crippen LogP contribution in [0.3, 0.4) is 0 Å². The van der Waals surface area contributed by atoms with Gasteiger partial charge in [0, 0.05) is 45.1 Å². The third kappa shape index (κ3) is 3.31. The van der Waals surface area contributed by atoms with Crippen molar-refractivity contribution in [1.82, 2.24) is 19.7 Å². The first kappa shape index (κ1) is 17.0. The smallest absolute Gasteiger partial charge is 0.274 e. The molecular formula is C17H22BrN5O. The highest BCUT2D eigenvalue weighted by molar-refractivity contribution is 9.10. The van der Waals surface area contributed by atoms with Crippen molar-refractivity contribution in [3.63, 3.8) is 0 Å². The van der Waals surface area contributed by atoms with Crippen molar-refractivity contribution in [1.29, 1.82) is 0 Å². The Balaban J connectivity index is 1.64. The van der Waals surface area contributed by atoms with Gasteiger partial charge in [0.25, 0.3) is 5.91 Å². The fourth-order valence-electron chi connectivity index (χ4n) is 3.09. The van der Waals surface area contributed by atoms with Gasteiger partial charge in [0.2, 0.25) is 0 Å². The quantitative estimate of drug-likeness (QED) is 0.806. The number of halogens is 1. The molecule has 24 heavy (non-hydrogen) atoms. The molecule has 1 amide bonds. The molecule has 3 rings (SSSR count). The van der Waals surface area contributed by atoms with Crippen molar-refractivity contribution in [2.75, 3.05) is 25.0 Å². The summed E-state index contributed by atoms with van der Waals surface area (Å²) in [5.41, 5.74) is 1.51. The minimum atomic E-state index is -0.00355. The Morgan fingerprint density at radius 3 is 2.67 bits per heavy atom. The number of rotatable bonds is 3. The predicted molar refractivity (Wildman–Crippen MR) is 97.2 cm³/mol. The second-order valence-electron chi connectivity index (χ2n) is 6.24. The number of anilines is 1. The molecule has 0 aliphatic carbocycles. The molecule has 0 radical (unpaired) electrons. The molecule has 0 spiro atoms. The lowest BCUT2D eigenvalue weighted by molar-refractivity contribution is 0.0702. The van der Waals surface area contributed by atoms with Crippen LogP contribution in [-0.2, 0) is 7.05 Å². The summed E-state index contributed by atoms with van der Waals surface area (Å²) in [5, 5.41) is 4.30. The number of hydrogen-bond donors (Lipinski definition) is 0. The van der Waals surface area contributed by atoms with E-state index >= 15 is 0 Å². The summed E-state index contributed by atoms with van der Waals surface area (Å²) < 4.78 is 2.75. The fourth-order valence-corrected chi connectivity index (χ4v) is 3.59. The zero-order valence-electron chi connectivity index (χ0n) is 14.2. The first-order valence-corrected chi connectivity index (χ1v) is 8.90. The number of aromatic nitrogens is 3. The van der Waals surface area contributed by atoms with Crippen LogP contribution in [0.2, 0.25) is 0 Å². The van der Waals surface area contributed by atoms with Gasteiger partial charge in [0.15, 0.2) is 5.69 Å². The number of nitrogens with zero attached hydrogens (tertiary/aromatic N) is 5. The topological polar surface area (TPSA) is 54.3 Å². The highest BCUT2D eigenvalue weighted by Crippen LogP contribution is 2.27. The number of carbonyl (C=O) groups is 1. The average Bonchev–Trinajstić information content (AvgIpc) is 2.93. The van der Waals surface area contributed by atoms with Crippen LogP contribution in [0.15, 0.2) is 28.9 Å². The van der Waals surface area contributed by atoms with Crippen LogP contribution in [0.5, 0.6) is 0 Å². The molecule has 1 saturated heterocycles. The van der Waals surface area contributed by atoms with E-state index in [0.29, 0.717) is 5.69 Å². The fraction of sp³-hybridized carbons (Fsp3) is 0.471. The van der Waals surface area contributed by atoms with Gasteiger partial charge in [-0.3, -0.25) is 9.48 Å². The Bertz CT molecular complexity index is 717. The van der Waals surface area contributed by atoms with Crippen molar-refractivity contribution >= 4 is 27.7 Å². The SMILES string of the molecule is Cc1cc(C(=O)N(C)C2CCN(c3ncccc3Br)CC2)nn1C. The number of carbonyl (C=O) groups excluding carboxylic acids is 1. The molecule has 1 aliphatic rings. The van der Waals surface area contributed by atoms with Gasteiger partial charge in [-0.05, 0) is 53.9 Å². The van der Waals surface area contributed by atoms with E-state index in [1.807, 2.05) is 50.3 Å². The zero-order valence-corrected chi connectivity index (χ0v) is 15.8. The molecule has 0 atom stereocenters. The molecule has 0 aromatic carbocycles. The van der Waals surface area contributed by atoms with Crippen LogP contribution in [0, 0.1) is 6.92 Å². The van der Waals surface area contributed by atoms with Gasteiger partial charge in [-0.15, -0.1) is 0 Å². The van der Waals surface area contributed by atoms with Gasteiger partial charge in [-0.1, -0.05) is 0 Å². The van der Waals surface area contributed by atoms with Crippen LogP contribution in [0.25, 0.3) is 0 Å². The van der Waals surface area contributed by atoms with E-state index in [0.717, 1.165) is 41.9 Å². The van der Waals surface area contributed by atoms with E-state index in [1.54, 1.807) is 4.68 Å². The lowest BCUT2D eigenvalue weighted by Gasteiger charge is -2.37. The van der Waals surface area contributed by atoms with Crippen LogP contribution < -0.4 is 4.90 Å². The number of pyridine rings is 1. The number of hydrogen-bond acceptors (Lipinski definition) is 4. The second kappa shape index (κ2) is 6.93. The first-order valence-electron chi connectivity index (χ1n) is 8.10. The van der Waals surface area contributed by atoms with E-state index < -0.39 is 0 Å². The van der Waals surface area contributed by atoms with Gasteiger partial charge in [-0.2, -0.15) is 5.10 Å². The summed E-state index contributed by atoms with van der Waals surface area (Å²) in [6.07, 6.45) is 3.67. The Morgan fingerprint density at radius 1 is 1.38 bits per heavy atom. The maximum Gasteiger partial charge on any atom is 0.274 e. The van der Waals surface area contributed by atoms with Gasteiger partial charge in [-0.25, -0.2) is 4.98 Å². The van der Waals surface area contributed by atoms with E-state index in [4.69, 9.17) is 0 Å². The zero-order chi connectivity index (χ0) is 17.3. The molecule has 2 aromatic heterocycles. The molecule has 3 heterocycles. The van der Waals surface area contributed by atoms with Crippen LogP contribution in [0.1, 0.15) is 29.0 Å². The number of aryl methyl sites for hydroxylation is 2. The molecule has 0 unspecified atom stereocenters. The standard InChI is InChI=1S/C17H22BrN5O/c1-12-11-15(20-22(12)3)17(24)21(2)13-6-9-23(10-7-13)16-14(18)5-4-8-19-16/h4-5,8,11,13H,6-7,9-10H2,1-3H3. The summed E-state index contributed by atoms with van der Waals surface area (Å²) in [6, 6.07) is 6.01. The molecule has 1 fully saturated rings. The largest absolute Gasteiger partial charge is 0.356 e. The lowest BCUT2D eigenvalue weighted by atomic mass is 10.0. The molecule has 7 heteroatoms. The highest BCUT2D eigenvalue weighted by atomic mass is 79.9. The Morgan fingerprint density at radius 2 is 2.08 bits per heavy atom. The molecule has 128 valence electrons. The molecule has 6 nitrogen and oxygen atoms in total. The van der Waals surface area contributed by atoms with Gasteiger partial charge >= 0.3 is 0 Å². The van der Waals surface area contributed by atoms with Gasteiger partial charge < -0.3 is 9.80 Å². The summed E-state index contributed by atoms with van der Waals surface area (Å²) in [6.45, 7) is 3.73. The predicted octanol–water partition coefficient (Wildman–Crippen LogP) is 2.63. The average molecular weight is 392 g/mol. The summed E-state index contributed by atoms with van der Waals surface area (Å²) in [4.78, 5) is 21.2. The highest BCUT2D eigenvalue weighted by Gasteiger charge is 2.28. The van der Waals surface area contributed by atoms with Gasteiger partial charge in [0.1, 0.15) is 5.82 Å². The van der Waals surface area contributed by atoms with Crippen LogP contribution in [0.4, 0.5) is 5.82 Å². The van der Waals surface area contributed by atoms with Crippen molar-refractivity contribution in [2.45, 2.75) is 25.8 Å². The number of amides is 1. The van der Waals surface area contributed by atoms with E-state index in [2.05, 4.69) is 30.9 Å². The molecule has 0 saturated carbocycles. The normalized spacial score (nSPS) is 15.6. The monoisotopic (exact) mass is 391 g/mol. The van der Waals surface area contributed by atoms with E-state index in [-0.39, 0.29) is 11.9 Å². The summed E-state index contributed by atoms with van der Waals surface area (Å²) in [7, 11) is 3.73. The summed E-state index contributed by atoms with van der Waals surface area (Å²) >= 11 is 3.56. The molecule has 2 aromatic rings. The Hall–Kier alpha value is -1.89. The molecule has 1 aliphatic heterocycles. The summed E-state index contributed by atoms with van der Waals surface area (Å²) in [5.74, 6) is 0.974. The Kier molecular flexibility index (Phi) is 4.89. The van der Waals surface area contributed by atoms with Gasteiger partial charge in [0.05, 0.1) is 4.47 Å². The minimum absolute atomic E-state index is 0.00355. The van der Waals surface area contributed by atoms with E-state index in [9.17, 15) is 4.79 Å². The minimum Gasteiger partial charge on any atom is -0.356 e. The molecular weight excluding hydrogens is 370 g/mol. The van der Waals surface area contributed by atoms with E-state index in [1.165, 1.54) is 0 Å². The Labute approximate surface area is 150 Å². The van der Waals surface area contributed by atoms with Crippen molar-refractivity contribution < 1.29 is 4.79 Å². The molecule has 0 N–H and O–H groups in total. The van der Waals surface area contributed by atoms with Crippen LogP contribution >= 0.6 is 15.9 Å².